The van der Waals surface area contributed by atoms with Crippen molar-refractivity contribution in [2.75, 3.05) is 0 Å². The van der Waals surface area contributed by atoms with Gasteiger partial charge in [0.2, 0.25) is 0 Å². The van der Waals surface area contributed by atoms with Gasteiger partial charge in [-0.2, -0.15) is 0 Å². The quantitative estimate of drug-likeness (QED) is 0.198. The van der Waals surface area contributed by atoms with Crippen LogP contribution in [-0.4, -0.2) is 0 Å². The molecule has 196 valence electrons. The monoisotopic (exact) mass is 532 g/mol. The zero-order valence-corrected chi connectivity index (χ0v) is 23.2. The van der Waals surface area contributed by atoms with E-state index in [0.29, 0.717) is 0 Å². The van der Waals surface area contributed by atoms with Gasteiger partial charge in [0, 0.05) is 0 Å². The van der Waals surface area contributed by atoms with Gasteiger partial charge in [0.05, 0.1) is 0 Å². The Kier molecular flexibility index (Phi) is 5.90. The Morgan fingerprint density at radius 2 is 0.619 bits per heavy atom. The summed E-state index contributed by atoms with van der Waals surface area (Å²) in [6, 6.07) is 61.8. The second-order valence-corrected chi connectivity index (χ2v) is 10.9. The van der Waals surface area contributed by atoms with E-state index in [1.54, 1.807) is 0 Å². The third-order valence-electron chi connectivity index (χ3n) is 8.43. The van der Waals surface area contributed by atoms with Gasteiger partial charge >= 0.3 is 0 Å². The zero-order chi connectivity index (χ0) is 27.9. The first kappa shape index (κ1) is 24.3. The summed E-state index contributed by atoms with van der Waals surface area (Å²) in [6.45, 7) is 0. The molecule has 0 spiro atoms. The molecule has 8 aromatic carbocycles. The van der Waals surface area contributed by atoms with Gasteiger partial charge in [0.1, 0.15) is 0 Å². The first-order chi connectivity index (χ1) is 20.8. The molecule has 0 nitrogen and oxygen atoms in total. The van der Waals surface area contributed by atoms with E-state index in [9.17, 15) is 0 Å². The molecule has 8 rings (SSSR count). The van der Waals surface area contributed by atoms with E-state index in [2.05, 4.69) is 170 Å². The minimum atomic E-state index is 1.23. The molecule has 0 heterocycles. The Labute approximate surface area is 246 Å². The van der Waals surface area contributed by atoms with Crippen molar-refractivity contribution in [3.63, 3.8) is 0 Å². The highest BCUT2D eigenvalue weighted by molar-refractivity contribution is 6.23. The molecule has 0 N–H and O–H groups in total. The molecule has 0 amide bonds. The van der Waals surface area contributed by atoms with Crippen LogP contribution in [0.2, 0.25) is 0 Å². The summed E-state index contributed by atoms with van der Waals surface area (Å²) >= 11 is 0. The van der Waals surface area contributed by atoms with Crippen molar-refractivity contribution < 1.29 is 0 Å². The first-order valence-electron chi connectivity index (χ1n) is 14.5. The average molecular weight is 533 g/mol. The second-order valence-electron chi connectivity index (χ2n) is 10.9. The van der Waals surface area contributed by atoms with Gasteiger partial charge in [0.15, 0.2) is 0 Å². The molecule has 0 radical (unpaired) electrons. The van der Waals surface area contributed by atoms with E-state index < -0.39 is 0 Å². The van der Waals surface area contributed by atoms with Gasteiger partial charge in [-0.05, 0) is 95.0 Å². The van der Waals surface area contributed by atoms with E-state index in [1.807, 2.05) is 0 Å². The first-order valence-corrected chi connectivity index (χ1v) is 14.5. The van der Waals surface area contributed by atoms with Crippen molar-refractivity contribution >= 4 is 32.3 Å². The lowest BCUT2D eigenvalue weighted by Crippen LogP contribution is -1.92. The summed E-state index contributed by atoms with van der Waals surface area (Å²) in [5.74, 6) is 0. The zero-order valence-electron chi connectivity index (χ0n) is 23.2. The smallest absolute Gasteiger partial charge is 0.00259 e. The Morgan fingerprint density at radius 3 is 1.21 bits per heavy atom. The van der Waals surface area contributed by atoms with Crippen LogP contribution in [-0.2, 0) is 0 Å². The highest BCUT2D eigenvalue weighted by Gasteiger charge is 2.18. The molecule has 0 aliphatic carbocycles. The highest BCUT2D eigenvalue weighted by Crippen LogP contribution is 2.45. The Balaban J connectivity index is 1.44. The predicted octanol–water partition coefficient (Wildman–Crippen LogP) is 11.8. The Bertz CT molecular complexity index is 2210. The van der Waals surface area contributed by atoms with Crippen LogP contribution in [0.1, 0.15) is 0 Å². The SMILES string of the molecule is c1ccc(-c2ccc(-c3c4ccccc4c(-c4cccc(-c5ccccc5)c4)c4cc5ccccc5cc34)cc2)cc1. The van der Waals surface area contributed by atoms with E-state index in [1.165, 1.54) is 76.8 Å². The Hall–Kier alpha value is -5.46. The van der Waals surface area contributed by atoms with Crippen molar-refractivity contribution in [2.24, 2.45) is 0 Å². The summed E-state index contributed by atoms with van der Waals surface area (Å²) in [4.78, 5) is 0. The maximum absolute atomic E-state index is 2.39. The largest absolute Gasteiger partial charge is 0.0622 e. The second kappa shape index (κ2) is 10.2. The van der Waals surface area contributed by atoms with Crippen molar-refractivity contribution in [1.29, 1.82) is 0 Å². The molecule has 0 unspecified atom stereocenters. The fourth-order valence-corrected chi connectivity index (χ4v) is 6.43. The normalized spacial score (nSPS) is 11.3. The molecular formula is C42H28. The molecule has 0 aromatic heterocycles. The van der Waals surface area contributed by atoms with Gasteiger partial charge in [0.25, 0.3) is 0 Å². The van der Waals surface area contributed by atoms with Crippen LogP contribution in [0.15, 0.2) is 170 Å². The number of benzene rings is 8. The summed E-state index contributed by atoms with van der Waals surface area (Å²) in [7, 11) is 0. The molecule has 0 fully saturated rings. The maximum Gasteiger partial charge on any atom is -0.00259 e. The van der Waals surface area contributed by atoms with E-state index in [0.717, 1.165) is 0 Å². The fraction of sp³-hybridized carbons (Fsp3) is 0. The van der Waals surface area contributed by atoms with E-state index >= 15 is 0 Å². The maximum atomic E-state index is 2.39. The number of fused-ring (bicyclic) bond motifs is 3. The number of hydrogen-bond acceptors (Lipinski definition) is 0. The van der Waals surface area contributed by atoms with Crippen LogP contribution >= 0.6 is 0 Å². The topological polar surface area (TPSA) is 0 Å². The van der Waals surface area contributed by atoms with Gasteiger partial charge in [-0.15, -0.1) is 0 Å². The third kappa shape index (κ3) is 4.17. The minimum Gasteiger partial charge on any atom is -0.0622 e. The molecule has 0 aliphatic rings. The van der Waals surface area contributed by atoms with E-state index in [-0.39, 0.29) is 0 Å². The number of rotatable bonds is 4. The van der Waals surface area contributed by atoms with Gasteiger partial charge in [-0.3, -0.25) is 0 Å². The molecular weight excluding hydrogens is 504 g/mol. The van der Waals surface area contributed by atoms with Gasteiger partial charge < -0.3 is 0 Å². The lowest BCUT2D eigenvalue weighted by Gasteiger charge is -2.19. The van der Waals surface area contributed by atoms with Crippen LogP contribution in [0.3, 0.4) is 0 Å². The predicted molar refractivity (Wildman–Crippen MR) is 181 cm³/mol. The molecule has 0 bridgehead atoms. The minimum absolute atomic E-state index is 1.23. The molecule has 0 aliphatic heterocycles. The highest BCUT2D eigenvalue weighted by atomic mass is 14.2. The summed E-state index contributed by atoms with van der Waals surface area (Å²) in [5, 5.41) is 7.61. The van der Waals surface area contributed by atoms with Gasteiger partial charge in [-0.1, -0.05) is 152 Å². The third-order valence-corrected chi connectivity index (χ3v) is 8.43. The standard InChI is InChI=1S/C42H28/c1-3-12-29(13-4-1)31-22-24-32(25-23-31)41-37-20-9-10-21-38(37)42(40-28-35-17-8-7-16-34(35)27-39(40)41)36-19-11-18-33(26-36)30-14-5-2-6-15-30/h1-28H. The summed E-state index contributed by atoms with van der Waals surface area (Å²) in [6.07, 6.45) is 0. The summed E-state index contributed by atoms with van der Waals surface area (Å²) in [5.41, 5.74) is 9.96. The molecule has 0 heteroatoms. The van der Waals surface area contributed by atoms with Crippen molar-refractivity contribution in [1.82, 2.24) is 0 Å². The lowest BCUT2D eigenvalue weighted by atomic mass is 9.84. The number of hydrogen-bond donors (Lipinski definition) is 0. The van der Waals surface area contributed by atoms with Crippen LogP contribution in [0.5, 0.6) is 0 Å². The lowest BCUT2D eigenvalue weighted by molar-refractivity contribution is 1.60. The van der Waals surface area contributed by atoms with Crippen LogP contribution in [0, 0.1) is 0 Å². The summed E-state index contributed by atoms with van der Waals surface area (Å²) < 4.78 is 0. The van der Waals surface area contributed by atoms with E-state index in [4.69, 9.17) is 0 Å². The molecule has 0 atom stereocenters. The van der Waals surface area contributed by atoms with Crippen LogP contribution < -0.4 is 0 Å². The average Bonchev–Trinajstić information content (AvgIpc) is 3.07. The van der Waals surface area contributed by atoms with Crippen molar-refractivity contribution in [2.45, 2.75) is 0 Å². The van der Waals surface area contributed by atoms with Gasteiger partial charge in [-0.25, -0.2) is 0 Å². The van der Waals surface area contributed by atoms with Crippen molar-refractivity contribution in [3.05, 3.63) is 170 Å². The molecule has 0 saturated heterocycles. The Morgan fingerprint density at radius 1 is 0.214 bits per heavy atom. The van der Waals surface area contributed by atoms with Crippen LogP contribution in [0.25, 0.3) is 76.8 Å². The molecule has 0 saturated carbocycles. The van der Waals surface area contributed by atoms with Crippen LogP contribution in [0.4, 0.5) is 0 Å². The molecule has 8 aromatic rings. The fourth-order valence-electron chi connectivity index (χ4n) is 6.43. The molecule has 42 heavy (non-hydrogen) atoms. The van der Waals surface area contributed by atoms with Crippen molar-refractivity contribution in [3.8, 4) is 44.5 Å².